The summed E-state index contributed by atoms with van der Waals surface area (Å²) in [6.07, 6.45) is 2.95. The fourth-order valence-corrected chi connectivity index (χ4v) is 2.66. The number of hydrogen-bond donors (Lipinski definition) is 1. The number of benzene rings is 1. The molecule has 3 rings (SSSR count). The minimum absolute atomic E-state index is 0.826. The van der Waals surface area contributed by atoms with Crippen LogP contribution in [0.4, 0.5) is 5.95 Å². The molecule has 0 amide bonds. The molecule has 0 saturated heterocycles. The van der Waals surface area contributed by atoms with Crippen LogP contribution in [0.1, 0.15) is 11.4 Å². The fourth-order valence-electron chi connectivity index (χ4n) is 2.07. The van der Waals surface area contributed by atoms with E-state index in [1.807, 2.05) is 36.8 Å². The molecule has 20 heavy (non-hydrogen) atoms. The quantitative estimate of drug-likeness (QED) is 0.781. The highest BCUT2D eigenvalue weighted by molar-refractivity contribution is 7.07. The number of aromatic nitrogens is 3. The summed E-state index contributed by atoms with van der Waals surface area (Å²) in [5.74, 6) is 0.879. The molecule has 0 aliphatic rings. The molecule has 1 N–H and O–H groups in total. The average Bonchev–Trinajstić information content (AvgIpc) is 3.10. The molecule has 1 aromatic carbocycles. The Labute approximate surface area is 122 Å². The zero-order valence-electron chi connectivity index (χ0n) is 11.3. The summed E-state index contributed by atoms with van der Waals surface area (Å²) < 4.78 is 2.08. The molecule has 5 heteroatoms. The molecule has 0 saturated carbocycles. The number of nitrogens with one attached hydrogen (secondary N) is 1. The fraction of sp³-hybridized carbons (Fsp3) is 0.200. The van der Waals surface area contributed by atoms with Crippen LogP contribution in [0.15, 0.2) is 47.4 Å². The SMILES string of the molecule is Cc1cn(-c2ccccc2)c(NCCc2cscn2)n1. The Balaban J connectivity index is 1.73. The summed E-state index contributed by atoms with van der Waals surface area (Å²) in [6.45, 7) is 2.83. The average molecular weight is 284 g/mol. The first kappa shape index (κ1) is 12.9. The highest BCUT2D eigenvalue weighted by atomic mass is 32.1. The Morgan fingerprint density at radius 1 is 1.25 bits per heavy atom. The van der Waals surface area contributed by atoms with Gasteiger partial charge in [-0.05, 0) is 19.1 Å². The van der Waals surface area contributed by atoms with Crippen LogP contribution in [-0.2, 0) is 6.42 Å². The van der Waals surface area contributed by atoms with Crippen molar-refractivity contribution in [1.82, 2.24) is 14.5 Å². The summed E-state index contributed by atoms with van der Waals surface area (Å²) in [4.78, 5) is 8.82. The lowest BCUT2D eigenvalue weighted by Gasteiger charge is -2.09. The molecule has 0 unspecified atom stereocenters. The Kier molecular flexibility index (Phi) is 3.78. The summed E-state index contributed by atoms with van der Waals surface area (Å²) in [7, 11) is 0. The van der Waals surface area contributed by atoms with Crippen molar-refractivity contribution in [3.63, 3.8) is 0 Å². The van der Waals surface area contributed by atoms with Crippen LogP contribution in [0.5, 0.6) is 0 Å². The standard InChI is InChI=1S/C15H16N4S/c1-12-9-19(14-5-3-2-4-6-14)15(18-12)16-8-7-13-10-20-11-17-13/h2-6,9-11H,7-8H2,1H3,(H,16,18). The molecule has 0 aliphatic heterocycles. The van der Waals surface area contributed by atoms with E-state index in [0.29, 0.717) is 0 Å². The van der Waals surface area contributed by atoms with Crippen LogP contribution in [0.2, 0.25) is 0 Å². The normalized spacial score (nSPS) is 10.7. The van der Waals surface area contributed by atoms with Gasteiger partial charge in [0.1, 0.15) is 0 Å². The van der Waals surface area contributed by atoms with Gasteiger partial charge in [0, 0.05) is 30.2 Å². The van der Waals surface area contributed by atoms with Gasteiger partial charge in [0.15, 0.2) is 0 Å². The third-order valence-electron chi connectivity index (χ3n) is 3.01. The molecule has 0 radical (unpaired) electrons. The molecule has 0 spiro atoms. The van der Waals surface area contributed by atoms with Gasteiger partial charge in [0.2, 0.25) is 5.95 Å². The van der Waals surface area contributed by atoms with E-state index in [1.165, 1.54) is 0 Å². The van der Waals surface area contributed by atoms with E-state index in [1.54, 1.807) is 11.3 Å². The van der Waals surface area contributed by atoms with Crippen molar-refractivity contribution < 1.29 is 0 Å². The molecule has 2 heterocycles. The van der Waals surface area contributed by atoms with Gasteiger partial charge in [0.05, 0.1) is 16.9 Å². The van der Waals surface area contributed by atoms with Crippen molar-refractivity contribution >= 4 is 17.3 Å². The van der Waals surface area contributed by atoms with E-state index < -0.39 is 0 Å². The molecule has 4 nitrogen and oxygen atoms in total. The lowest BCUT2D eigenvalue weighted by molar-refractivity contribution is 0.939. The largest absolute Gasteiger partial charge is 0.355 e. The van der Waals surface area contributed by atoms with Crippen LogP contribution in [0, 0.1) is 6.92 Å². The van der Waals surface area contributed by atoms with Crippen molar-refractivity contribution in [3.05, 3.63) is 58.8 Å². The van der Waals surface area contributed by atoms with Gasteiger partial charge in [-0.2, -0.15) is 0 Å². The topological polar surface area (TPSA) is 42.7 Å². The number of rotatable bonds is 5. The number of thiazole rings is 1. The molecule has 102 valence electrons. The Morgan fingerprint density at radius 3 is 2.85 bits per heavy atom. The van der Waals surface area contributed by atoms with Crippen molar-refractivity contribution in [2.24, 2.45) is 0 Å². The van der Waals surface area contributed by atoms with Crippen molar-refractivity contribution in [1.29, 1.82) is 0 Å². The third kappa shape index (κ3) is 2.88. The lowest BCUT2D eigenvalue weighted by Crippen LogP contribution is -2.09. The molecular weight excluding hydrogens is 268 g/mol. The first-order valence-corrected chi connectivity index (χ1v) is 7.49. The second-order valence-corrected chi connectivity index (χ2v) is 5.29. The van der Waals surface area contributed by atoms with Crippen molar-refractivity contribution in [2.75, 3.05) is 11.9 Å². The summed E-state index contributed by atoms with van der Waals surface area (Å²) in [5.41, 5.74) is 5.11. The van der Waals surface area contributed by atoms with E-state index in [-0.39, 0.29) is 0 Å². The Hall–Kier alpha value is -2.14. The maximum absolute atomic E-state index is 4.54. The maximum atomic E-state index is 4.54. The Morgan fingerprint density at radius 2 is 2.10 bits per heavy atom. The van der Waals surface area contributed by atoms with Crippen molar-refractivity contribution in [3.8, 4) is 5.69 Å². The van der Waals surface area contributed by atoms with Crippen LogP contribution in [0.25, 0.3) is 5.69 Å². The lowest BCUT2D eigenvalue weighted by atomic mass is 10.3. The van der Waals surface area contributed by atoms with E-state index in [0.717, 1.165) is 36.0 Å². The molecule has 0 atom stereocenters. The van der Waals surface area contributed by atoms with Crippen LogP contribution >= 0.6 is 11.3 Å². The number of para-hydroxylation sites is 1. The summed E-state index contributed by atoms with van der Waals surface area (Å²) in [5, 5.41) is 5.47. The van der Waals surface area contributed by atoms with Gasteiger partial charge in [0.25, 0.3) is 0 Å². The van der Waals surface area contributed by atoms with Crippen LogP contribution < -0.4 is 5.32 Å². The molecule has 2 aromatic heterocycles. The number of nitrogens with zero attached hydrogens (tertiary/aromatic N) is 3. The summed E-state index contributed by atoms with van der Waals surface area (Å²) in [6, 6.07) is 10.2. The first-order valence-electron chi connectivity index (χ1n) is 6.55. The minimum atomic E-state index is 0.826. The van der Waals surface area contributed by atoms with Crippen molar-refractivity contribution in [2.45, 2.75) is 13.3 Å². The number of anilines is 1. The minimum Gasteiger partial charge on any atom is -0.355 e. The maximum Gasteiger partial charge on any atom is 0.207 e. The molecule has 0 fully saturated rings. The highest BCUT2D eigenvalue weighted by Crippen LogP contribution is 2.16. The van der Waals surface area contributed by atoms with E-state index >= 15 is 0 Å². The predicted molar refractivity (Wildman–Crippen MR) is 82.6 cm³/mol. The molecule has 0 aliphatic carbocycles. The van der Waals surface area contributed by atoms with Crippen LogP contribution in [0.3, 0.4) is 0 Å². The van der Waals surface area contributed by atoms with Gasteiger partial charge >= 0.3 is 0 Å². The summed E-state index contributed by atoms with van der Waals surface area (Å²) >= 11 is 1.63. The number of hydrogen-bond acceptors (Lipinski definition) is 4. The number of imidazole rings is 1. The number of aryl methyl sites for hydroxylation is 1. The van der Waals surface area contributed by atoms with Gasteiger partial charge in [-0.1, -0.05) is 18.2 Å². The first-order chi connectivity index (χ1) is 9.83. The third-order valence-corrected chi connectivity index (χ3v) is 3.64. The van der Waals surface area contributed by atoms with Gasteiger partial charge in [-0.3, -0.25) is 4.57 Å². The van der Waals surface area contributed by atoms with Gasteiger partial charge in [-0.15, -0.1) is 11.3 Å². The zero-order chi connectivity index (χ0) is 13.8. The zero-order valence-corrected chi connectivity index (χ0v) is 12.1. The molecule has 3 aromatic rings. The second kappa shape index (κ2) is 5.88. The van der Waals surface area contributed by atoms with Gasteiger partial charge < -0.3 is 5.32 Å². The van der Waals surface area contributed by atoms with E-state index in [4.69, 9.17) is 0 Å². The van der Waals surface area contributed by atoms with E-state index in [2.05, 4.69) is 37.4 Å². The Bertz CT molecular complexity index is 659. The smallest absolute Gasteiger partial charge is 0.207 e. The van der Waals surface area contributed by atoms with Gasteiger partial charge in [-0.25, -0.2) is 9.97 Å². The van der Waals surface area contributed by atoms with E-state index in [9.17, 15) is 0 Å². The second-order valence-electron chi connectivity index (χ2n) is 4.57. The monoisotopic (exact) mass is 284 g/mol. The van der Waals surface area contributed by atoms with Crippen LogP contribution in [-0.4, -0.2) is 21.1 Å². The highest BCUT2D eigenvalue weighted by Gasteiger charge is 2.06. The predicted octanol–water partition coefficient (Wildman–Crippen LogP) is 3.29. The molecule has 0 bridgehead atoms. The molecular formula is C15H16N4S.